The Bertz CT molecular complexity index is 839. The molecular weight excluding hydrogens is 270 g/mol. The average molecular weight is 287 g/mol. The molecule has 2 aromatic heterocycles. The first kappa shape index (κ1) is 14.1. The van der Waals surface area contributed by atoms with Crippen molar-refractivity contribution in [1.82, 2.24) is 9.97 Å². The van der Waals surface area contributed by atoms with Crippen molar-refractivity contribution in [2.45, 2.75) is 20.3 Å². The summed E-state index contributed by atoms with van der Waals surface area (Å²) in [6.07, 6.45) is 2.17. The number of benzene rings is 1. The molecular formula is C19H17N3. The van der Waals surface area contributed by atoms with Crippen LogP contribution in [0.4, 0.5) is 0 Å². The molecule has 3 aromatic rings. The maximum atomic E-state index is 9.13. The number of nitrogens with zero attached hydrogens (tertiary/aromatic N) is 2. The number of hydrogen-bond acceptors (Lipinski definition) is 2. The highest BCUT2D eigenvalue weighted by atomic mass is 14.7. The van der Waals surface area contributed by atoms with E-state index in [4.69, 9.17) is 5.26 Å². The fourth-order valence-electron chi connectivity index (χ4n) is 2.84. The van der Waals surface area contributed by atoms with E-state index in [9.17, 15) is 0 Å². The molecule has 1 aromatic carbocycles. The first-order valence-electron chi connectivity index (χ1n) is 7.27. The zero-order valence-electron chi connectivity index (χ0n) is 12.7. The fourth-order valence-corrected chi connectivity index (χ4v) is 2.84. The van der Waals surface area contributed by atoms with Gasteiger partial charge in [-0.2, -0.15) is 5.26 Å². The number of nitriles is 1. The van der Waals surface area contributed by atoms with Crippen LogP contribution in [0.5, 0.6) is 0 Å². The summed E-state index contributed by atoms with van der Waals surface area (Å²) in [5.41, 5.74) is 7.38. The van der Waals surface area contributed by atoms with Gasteiger partial charge in [0.1, 0.15) is 0 Å². The molecule has 0 aliphatic carbocycles. The number of pyridine rings is 1. The molecule has 3 heteroatoms. The highest BCUT2D eigenvalue weighted by Crippen LogP contribution is 2.35. The van der Waals surface area contributed by atoms with E-state index in [0.29, 0.717) is 6.42 Å². The highest BCUT2D eigenvalue weighted by molar-refractivity contribution is 5.84. The van der Waals surface area contributed by atoms with Gasteiger partial charge in [-0.05, 0) is 37.1 Å². The predicted molar refractivity (Wildman–Crippen MR) is 88.3 cm³/mol. The number of H-pyrrole nitrogens is 1. The SMILES string of the molecule is Cc1cc(-c2nccc(CC#N)c2-c2ccccc2)c(C)[nH]1. The minimum absolute atomic E-state index is 0.377. The maximum absolute atomic E-state index is 9.13. The normalized spacial score (nSPS) is 10.4. The van der Waals surface area contributed by atoms with Gasteiger partial charge in [0.15, 0.2) is 0 Å². The minimum atomic E-state index is 0.377. The largest absolute Gasteiger partial charge is 0.362 e. The predicted octanol–water partition coefficient (Wildman–Crippen LogP) is 4.43. The van der Waals surface area contributed by atoms with Crippen molar-refractivity contribution in [3.05, 3.63) is 65.6 Å². The molecule has 3 nitrogen and oxygen atoms in total. The Balaban J connectivity index is 2.29. The van der Waals surface area contributed by atoms with Crippen molar-refractivity contribution in [2.75, 3.05) is 0 Å². The van der Waals surface area contributed by atoms with Gasteiger partial charge in [-0.1, -0.05) is 30.3 Å². The van der Waals surface area contributed by atoms with E-state index in [1.165, 1.54) is 0 Å². The van der Waals surface area contributed by atoms with Crippen molar-refractivity contribution in [1.29, 1.82) is 5.26 Å². The number of aryl methyl sites for hydroxylation is 2. The first-order valence-corrected chi connectivity index (χ1v) is 7.27. The Morgan fingerprint density at radius 2 is 1.91 bits per heavy atom. The summed E-state index contributed by atoms with van der Waals surface area (Å²) in [5.74, 6) is 0. The van der Waals surface area contributed by atoms with Crippen molar-refractivity contribution >= 4 is 0 Å². The molecule has 0 atom stereocenters. The van der Waals surface area contributed by atoms with E-state index in [-0.39, 0.29) is 0 Å². The summed E-state index contributed by atoms with van der Waals surface area (Å²) in [6.45, 7) is 4.09. The number of aromatic amines is 1. The molecule has 0 spiro atoms. The first-order chi connectivity index (χ1) is 10.7. The molecule has 0 saturated heterocycles. The van der Waals surface area contributed by atoms with Gasteiger partial charge < -0.3 is 4.98 Å². The molecule has 0 fully saturated rings. The van der Waals surface area contributed by atoms with Crippen LogP contribution in [0.2, 0.25) is 0 Å². The molecule has 0 bridgehead atoms. The zero-order chi connectivity index (χ0) is 15.5. The zero-order valence-corrected chi connectivity index (χ0v) is 12.7. The van der Waals surface area contributed by atoms with E-state index < -0.39 is 0 Å². The molecule has 1 N–H and O–H groups in total. The Morgan fingerprint density at radius 1 is 1.14 bits per heavy atom. The van der Waals surface area contributed by atoms with Crippen molar-refractivity contribution in [3.63, 3.8) is 0 Å². The van der Waals surface area contributed by atoms with Crippen LogP contribution in [0.3, 0.4) is 0 Å². The van der Waals surface area contributed by atoms with Gasteiger partial charge in [-0.25, -0.2) is 0 Å². The minimum Gasteiger partial charge on any atom is -0.362 e. The van der Waals surface area contributed by atoms with E-state index >= 15 is 0 Å². The summed E-state index contributed by atoms with van der Waals surface area (Å²) in [6, 6.07) is 16.5. The van der Waals surface area contributed by atoms with Gasteiger partial charge in [0, 0.05) is 28.7 Å². The van der Waals surface area contributed by atoms with Gasteiger partial charge in [0.2, 0.25) is 0 Å². The second-order valence-corrected chi connectivity index (χ2v) is 5.39. The topological polar surface area (TPSA) is 52.5 Å². The second-order valence-electron chi connectivity index (χ2n) is 5.39. The number of aromatic nitrogens is 2. The Kier molecular flexibility index (Phi) is 3.76. The molecule has 2 heterocycles. The van der Waals surface area contributed by atoms with Gasteiger partial charge in [-0.15, -0.1) is 0 Å². The Hall–Kier alpha value is -2.86. The van der Waals surface area contributed by atoms with Crippen molar-refractivity contribution < 1.29 is 0 Å². The lowest BCUT2D eigenvalue weighted by molar-refractivity contribution is 1.18. The van der Waals surface area contributed by atoms with Gasteiger partial charge in [0.05, 0.1) is 18.2 Å². The molecule has 0 amide bonds. The van der Waals surface area contributed by atoms with Gasteiger partial charge in [-0.3, -0.25) is 4.98 Å². The molecule has 0 aliphatic heterocycles. The number of rotatable bonds is 3. The van der Waals surface area contributed by atoms with Crippen LogP contribution >= 0.6 is 0 Å². The molecule has 0 aliphatic rings. The lowest BCUT2D eigenvalue weighted by atomic mass is 9.93. The highest BCUT2D eigenvalue weighted by Gasteiger charge is 2.16. The maximum Gasteiger partial charge on any atom is 0.0801 e. The standard InChI is InChI=1S/C19H17N3/c1-13-12-17(14(2)22-13)19-18(15-6-4-3-5-7-15)16(8-10-20)9-11-21-19/h3-7,9,11-12,22H,8H2,1-2H3. The summed E-state index contributed by atoms with van der Waals surface area (Å²) in [4.78, 5) is 7.94. The van der Waals surface area contributed by atoms with E-state index in [2.05, 4.69) is 41.2 Å². The van der Waals surface area contributed by atoms with Crippen LogP contribution in [-0.4, -0.2) is 9.97 Å². The van der Waals surface area contributed by atoms with Gasteiger partial charge >= 0.3 is 0 Å². The molecule has 0 radical (unpaired) electrons. The molecule has 0 saturated carbocycles. The number of nitrogens with one attached hydrogen (secondary N) is 1. The summed E-state index contributed by atoms with van der Waals surface area (Å²) < 4.78 is 0. The third-order valence-electron chi connectivity index (χ3n) is 3.77. The fraction of sp³-hybridized carbons (Fsp3) is 0.158. The molecule has 22 heavy (non-hydrogen) atoms. The van der Waals surface area contributed by atoms with Crippen LogP contribution in [0.1, 0.15) is 17.0 Å². The van der Waals surface area contributed by atoms with E-state index in [0.717, 1.165) is 39.3 Å². The van der Waals surface area contributed by atoms with Crippen LogP contribution < -0.4 is 0 Å². The van der Waals surface area contributed by atoms with Crippen molar-refractivity contribution in [2.24, 2.45) is 0 Å². The third kappa shape index (κ3) is 2.51. The molecule has 0 unspecified atom stereocenters. The Labute approximate surface area is 130 Å². The quantitative estimate of drug-likeness (QED) is 0.775. The molecule has 108 valence electrons. The van der Waals surface area contributed by atoms with Crippen molar-refractivity contribution in [3.8, 4) is 28.5 Å². The monoisotopic (exact) mass is 287 g/mol. The summed E-state index contributed by atoms with van der Waals surface area (Å²) in [5, 5.41) is 9.13. The second kappa shape index (κ2) is 5.87. The lowest BCUT2D eigenvalue weighted by Gasteiger charge is -2.13. The third-order valence-corrected chi connectivity index (χ3v) is 3.77. The lowest BCUT2D eigenvalue weighted by Crippen LogP contribution is -1.96. The van der Waals surface area contributed by atoms with Crippen LogP contribution in [0.15, 0.2) is 48.7 Å². The van der Waals surface area contributed by atoms with Crippen LogP contribution in [0, 0.1) is 25.2 Å². The molecule has 3 rings (SSSR count). The smallest absolute Gasteiger partial charge is 0.0801 e. The Morgan fingerprint density at radius 3 is 2.55 bits per heavy atom. The van der Waals surface area contributed by atoms with Crippen LogP contribution in [-0.2, 0) is 6.42 Å². The van der Waals surface area contributed by atoms with E-state index in [1.807, 2.05) is 31.2 Å². The average Bonchev–Trinajstić information content (AvgIpc) is 2.87. The van der Waals surface area contributed by atoms with Gasteiger partial charge in [0.25, 0.3) is 0 Å². The summed E-state index contributed by atoms with van der Waals surface area (Å²) in [7, 11) is 0. The van der Waals surface area contributed by atoms with E-state index in [1.54, 1.807) is 6.20 Å². The van der Waals surface area contributed by atoms with Crippen LogP contribution in [0.25, 0.3) is 22.4 Å². The number of hydrogen-bond donors (Lipinski definition) is 1. The summed E-state index contributed by atoms with van der Waals surface area (Å²) >= 11 is 0.